The molecule has 5 rings (SSSR count). The van der Waals surface area contributed by atoms with Crippen molar-refractivity contribution in [1.82, 2.24) is 10.2 Å². The molecule has 1 unspecified atom stereocenters. The highest BCUT2D eigenvalue weighted by atomic mass is 16.5. The molecule has 3 heterocycles. The van der Waals surface area contributed by atoms with Crippen molar-refractivity contribution in [1.29, 1.82) is 0 Å². The third-order valence-corrected chi connectivity index (χ3v) is 6.55. The Labute approximate surface area is 175 Å². The van der Waals surface area contributed by atoms with Gasteiger partial charge in [0.1, 0.15) is 12.4 Å². The van der Waals surface area contributed by atoms with Gasteiger partial charge in [0.2, 0.25) is 0 Å². The van der Waals surface area contributed by atoms with Crippen LogP contribution in [-0.2, 0) is 10.3 Å². The predicted molar refractivity (Wildman–Crippen MR) is 118 cm³/mol. The van der Waals surface area contributed by atoms with Crippen molar-refractivity contribution in [3.63, 3.8) is 0 Å². The van der Waals surface area contributed by atoms with Gasteiger partial charge in [0, 0.05) is 25.2 Å². The second-order valence-corrected chi connectivity index (χ2v) is 8.96. The molecule has 1 N–H and O–H groups in total. The summed E-state index contributed by atoms with van der Waals surface area (Å²) in [7, 11) is 1.68. The van der Waals surface area contributed by atoms with Crippen molar-refractivity contribution in [3.05, 3.63) is 54.1 Å². The largest absolute Gasteiger partial charge is 0.491 e. The van der Waals surface area contributed by atoms with E-state index < -0.39 is 0 Å². The van der Waals surface area contributed by atoms with Crippen LogP contribution in [-0.4, -0.2) is 50.9 Å². The minimum absolute atomic E-state index is 0.0269. The molecule has 0 radical (unpaired) electrons. The molecule has 0 spiro atoms. The summed E-state index contributed by atoms with van der Waals surface area (Å²) in [4.78, 5) is 2.61. The zero-order valence-corrected chi connectivity index (χ0v) is 18.0. The van der Waals surface area contributed by atoms with Gasteiger partial charge in [0.05, 0.1) is 6.61 Å². The Kier molecular flexibility index (Phi) is 6.23. The van der Waals surface area contributed by atoms with E-state index in [1.165, 1.54) is 49.2 Å². The highest BCUT2D eigenvalue weighted by Gasteiger charge is 2.37. The minimum Gasteiger partial charge on any atom is -0.491 e. The molecular formula is C25H34N2O2. The zero-order valence-electron chi connectivity index (χ0n) is 18.0. The van der Waals surface area contributed by atoms with Crippen LogP contribution in [0.2, 0.25) is 0 Å². The van der Waals surface area contributed by atoms with E-state index in [0.29, 0.717) is 19.3 Å². The van der Waals surface area contributed by atoms with E-state index in [2.05, 4.69) is 60.5 Å². The minimum atomic E-state index is -0.0269. The second kappa shape index (κ2) is 8.86. The lowest BCUT2D eigenvalue weighted by atomic mass is 9.81. The van der Waals surface area contributed by atoms with Crippen molar-refractivity contribution >= 4 is 0 Å². The van der Waals surface area contributed by atoms with Crippen LogP contribution in [0.3, 0.4) is 0 Å². The number of piperidine rings is 3. The second-order valence-electron chi connectivity index (χ2n) is 8.96. The molecule has 0 saturated carbocycles. The van der Waals surface area contributed by atoms with Gasteiger partial charge in [-0.15, -0.1) is 0 Å². The number of hydrogen-bond acceptors (Lipinski definition) is 4. The van der Waals surface area contributed by atoms with Crippen LogP contribution >= 0.6 is 0 Å². The lowest BCUT2D eigenvalue weighted by molar-refractivity contribution is 0.0584. The summed E-state index contributed by atoms with van der Waals surface area (Å²) in [5.74, 6) is 1.72. The quantitative estimate of drug-likeness (QED) is 0.677. The molecule has 3 fully saturated rings. The van der Waals surface area contributed by atoms with Gasteiger partial charge in [-0.3, -0.25) is 0 Å². The third kappa shape index (κ3) is 4.82. The lowest BCUT2D eigenvalue weighted by Crippen LogP contribution is -2.59. The van der Waals surface area contributed by atoms with E-state index in [0.717, 1.165) is 11.7 Å². The normalized spacial score (nSPS) is 23.9. The summed E-state index contributed by atoms with van der Waals surface area (Å²) in [5.41, 5.74) is 3.76. The maximum atomic E-state index is 5.66. The maximum absolute atomic E-state index is 5.66. The average molecular weight is 395 g/mol. The third-order valence-electron chi connectivity index (χ3n) is 6.55. The zero-order chi connectivity index (χ0) is 20.3. The van der Waals surface area contributed by atoms with Crippen LogP contribution in [0.4, 0.5) is 0 Å². The van der Waals surface area contributed by atoms with Gasteiger partial charge < -0.3 is 19.7 Å². The van der Waals surface area contributed by atoms with E-state index in [4.69, 9.17) is 9.47 Å². The molecule has 0 aliphatic carbocycles. The number of fused-ring (bicyclic) bond motifs is 3. The van der Waals surface area contributed by atoms with Crippen LogP contribution in [0.25, 0.3) is 11.1 Å². The fourth-order valence-corrected chi connectivity index (χ4v) is 4.74. The van der Waals surface area contributed by atoms with Crippen LogP contribution in [0.1, 0.15) is 32.3 Å². The van der Waals surface area contributed by atoms with Crippen LogP contribution in [0.5, 0.6) is 5.75 Å². The van der Waals surface area contributed by atoms with E-state index in [9.17, 15) is 0 Å². The first kappa shape index (κ1) is 20.4. The monoisotopic (exact) mass is 394 g/mol. The number of nitrogens with zero attached hydrogens (tertiary/aromatic N) is 1. The van der Waals surface area contributed by atoms with Gasteiger partial charge >= 0.3 is 0 Å². The topological polar surface area (TPSA) is 33.7 Å². The van der Waals surface area contributed by atoms with Crippen molar-refractivity contribution in [3.8, 4) is 16.9 Å². The van der Waals surface area contributed by atoms with Gasteiger partial charge in [0.25, 0.3) is 0 Å². The number of benzene rings is 2. The van der Waals surface area contributed by atoms with Crippen molar-refractivity contribution in [2.24, 2.45) is 5.92 Å². The Hall–Kier alpha value is -1.88. The SMILES string of the molecule is COCCOc1ccc(-c2ccc(C(C)(C)NC3CN4CCC3CC4)cc2)cc1. The van der Waals surface area contributed by atoms with Gasteiger partial charge in [-0.2, -0.15) is 0 Å². The molecule has 4 heteroatoms. The molecule has 3 saturated heterocycles. The van der Waals surface area contributed by atoms with Crippen molar-refractivity contribution < 1.29 is 9.47 Å². The number of ether oxygens (including phenoxy) is 2. The molecule has 156 valence electrons. The van der Waals surface area contributed by atoms with Gasteiger partial charge in [-0.25, -0.2) is 0 Å². The molecule has 2 bridgehead atoms. The summed E-state index contributed by atoms with van der Waals surface area (Å²) < 4.78 is 10.7. The molecule has 3 aliphatic rings. The Bertz CT molecular complexity index is 777. The number of hydrogen-bond donors (Lipinski definition) is 1. The number of methoxy groups -OCH3 is 1. The van der Waals surface area contributed by atoms with E-state index in [1.807, 2.05) is 12.1 Å². The lowest BCUT2D eigenvalue weighted by Gasteiger charge is -2.48. The first-order valence-corrected chi connectivity index (χ1v) is 10.9. The maximum Gasteiger partial charge on any atom is 0.119 e. The molecule has 4 nitrogen and oxygen atoms in total. The Morgan fingerprint density at radius 2 is 1.55 bits per heavy atom. The number of nitrogens with one attached hydrogen (secondary N) is 1. The van der Waals surface area contributed by atoms with Crippen LogP contribution < -0.4 is 10.1 Å². The molecular weight excluding hydrogens is 360 g/mol. The van der Waals surface area contributed by atoms with E-state index in [-0.39, 0.29) is 5.54 Å². The predicted octanol–water partition coefficient (Wildman–Crippen LogP) is 4.30. The van der Waals surface area contributed by atoms with Crippen LogP contribution in [0.15, 0.2) is 48.5 Å². The smallest absolute Gasteiger partial charge is 0.119 e. The average Bonchev–Trinajstić information content (AvgIpc) is 2.75. The number of rotatable bonds is 8. The fraction of sp³-hybridized carbons (Fsp3) is 0.520. The van der Waals surface area contributed by atoms with Crippen molar-refractivity contribution in [2.75, 3.05) is 40.0 Å². The fourth-order valence-electron chi connectivity index (χ4n) is 4.74. The molecule has 0 aromatic heterocycles. The first-order valence-electron chi connectivity index (χ1n) is 10.9. The molecule has 2 aromatic carbocycles. The Morgan fingerprint density at radius 3 is 2.10 bits per heavy atom. The van der Waals surface area contributed by atoms with E-state index >= 15 is 0 Å². The summed E-state index contributed by atoms with van der Waals surface area (Å²) in [6, 6.07) is 17.9. The first-order chi connectivity index (χ1) is 14.0. The van der Waals surface area contributed by atoms with Gasteiger partial charge in [-0.1, -0.05) is 36.4 Å². The van der Waals surface area contributed by atoms with Crippen LogP contribution in [0, 0.1) is 5.92 Å². The molecule has 29 heavy (non-hydrogen) atoms. The highest BCUT2D eigenvalue weighted by Crippen LogP contribution is 2.32. The molecule has 1 atom stereocenters. The standard InChI is InChI=1S/C25H34N2O2/c1-25(2,26-24-18-27-14-12-21(24)13-15-27)22-8-4-19(5-9-22)20-6-10-23(11-7-20)29-17-16-28-3/h4-11,21,24,26H,12-18H2,1-3H3. The molecule has 3 aliphatic heterocycles. The Morgan fingerprint density at radius 1 is 0.931 bits per heavy atom. The molecule has 0 amide bonds. The Balaban J connectivity index is 1.40. The summed E-state index contributed by atoms with van der Waals surface area (Å²) >= 11 is 0. The molecule has 2 aromatic rings. The van der Waals surface area contributed by atoms with Gasteiger partial charge in [0.15, 0.2) is 0 Å². The summed E-state index contributed by atoms with van der Waals surface area (Å²) in [6.45, 7) is 9.57. The van der Waals surface area contributed by atoms with E-state index in [1.54, 1.807) is 7.11 Å². The summed E-state index contributed by atoms with van der Waals surface area (Å²) in [5, 5.41) is 3.97. The summed E-state index contributed by atoms with van der Waals surface area (Å²) in [6.07, 6.45) is 2.69. The van der Waals surface area contributed by atoms with Gasteiger partial charge in [-0.05, 0) is 74.5 Å². The van der Waals surface area contributed by atoms with Crippen molar-refractivity contribution in [2.45, 2.75) is 38.3 Å². The highest BCUT2D eigenvalue weighted by molar-refractivity contribution is 5.64.